The van der Waals surface area contributed by atoms with Gasteiger partial charge in [0.25, 0.3) is 0 Å². The van der Waals surface area contributed by atoms with Crippen molar-refractivity contribution in [2.24, 2.45) is 0 Å². The minimum atomic E-state index is -3.83. The van der Waals surface area contributed by atoms with Crippen LogP contribution in [0.2, 0.25) is 10.2 Å². The maximum atomic E-state index is 12.4. The van der Waals surface area contributed by atoms with E-state index in [-0.39, 0.29) is 15.1 Å². The van der Waals surface area contributed by atoms with Crippen LogP contribution in [0.4, 0.5) is 0 Å². The van der Waals surface area contributed by atoms with Crippen molar-refractivity contribution in [3.63, 3.8) is 0 Å². The van der Waals surface area contributed by atoms with E-state index < -0.39 is 16.1 Å². The summed E-state index contributed by atoms with van der Waals surface area (Å²) in [5.41, 5.74) is 0.629. The fourth-order valence-corrected chi connectivity index (χ4v) is 3.57. The molecule has 0 aliphatic rings. The van der Waals surface area contributed by atoms with Crippen molar-refractivity contribution in [3.05, 3.63) is 52.7 Å². The van der Waals surface area contributed by atoms with Gasteiger partial charge < -0.3 is 0 Å². The molecule has 0 bridgehead atoms. The largest absolute Gasteiger partial charge is 0.285 e. The molecule has 0 aliphatic heterocycles. The van der Waals surface area contributed by atoms with E-state index in [2.05, 4.69) is 19.9 Å². The number of sulfonamides is 1. The van der Waals surface area contributed by atoms with Crippen molar-refractivity contribution in [1.29, 1.82) is 0 Å². The zero-order valence-electron chi connectivity index (χ0n) is 11.8. The van der Waals surface area contributed by atoms with Crippen LogP contribution in [-0.2, 0) is 10.0 Å². The molecule has 120 valence electrons. The number of nitrogens with zero attached hydrogens (tertiary/aromatic N) is 4. The summed E-state index contributed by atoms with van der Waals surface area (Å²) in [6.45, 7) is 1.67. The van der Waals surface area contributed by atoms with Crippen LogP contribution in [0.3, 0.4) is 0 Å². The average Bonchev–Trinajstić information content (AvgIpc) is 2.93. The first-order valence-corrected chi connectivity index (χ1v) is 8.75. The lowest BCUT2D eigenvalue weighted by molar-refractivity contribution is 0.558. The second-order valence-electron chi connectivity index (χ2n) is 4.77. The molecule has 0 aromatic carbocycles. The Morgan fingerprint density at radius 2 is 2.04 bits per heavy atom. The molecule has 0 saturated heterocycles. The van der Waals surface area contributed by atoms with Crippen LogP contribution in [0.25, 0.3) is 5.65 Å². The van der Waals surface area contributed by atoms with E-state index in [0.717, 1.165) is 6.20 Å². The molecule has 0 aliphatic carbocycles. The first-order valence-electron chi connectivity index (χ1n) is 6.51. The highest BCUT2D eigenvalue weighted by molar-refractivity contribution is 7.89. The summed E-state index contributed by atoms with van der Waals surface area (Å²) >= 11 is 11.5. The van der Waals surface area contributed by atoms with Crippen molar-refractivity contribution in [2.45, 2.75) is 17.9 Å². The number of aromatic nitrogens is 4. The maximum absolute atomic E-state index is 12.4. The Morgan fingerprint density at radius 1 is 1.26 bits per heavy atom. The van der Waals surface area contributed by atoms with E-state index in [1.165, 1.54) is 6.07 Å². The molecule has 0 unspecified atom stereocenters. The third-order valence-corrected chi connectivity index (χ3v) is 5.33. The molecule has 0 saturated carbocycles. The predicted molar refractivity (Wildman–Crippen MR) is 86.0 cm³/mol. The Labute approximate surface area is 142 Å². The summed E-state index contributed by atoms with van der Waals surface area (Å²) in [5.74, 6) is 0.470. The molecule has 23 heavy (non-hydrogen) atoms. The topological polar surface area (TPSA) is 89.2 Å². The Kier molecular flexibility index (Phi) is 4.24. The second kappa shape index (κ2) is 6.04. The third kappa shape index (κ3) is 3.16. The highest BCUT2D eigenvalue weighted by Gasteiger charge is 2.22. The Hall–Kier alpha value is -1.74. The molecule has 0 radical (unpaired) electrons. The highest BCUT2D eigenvalue weighted by Crippen LogP contribution is 2.23. The number of hydrogen-bond acceptors (Lipinski definition) is 5. The van der Waals surface area contributed by atoms with Crippen molar-refractivity contribution < 1.29 is 8.42 Å². The fraction of sp³-hybridized carbons (Fsp3) is 0.154. The van der Waals surface area contributed by atoms with Gasteiger partial charge in [-0.3, -0.25) is 4.40 Å². The predicted octanol–water partition coefficient (Wildman–Crippen LogP) is 2.47. The van der Waals surface area contributed by atoms with Gasteiger partial charge in [0.2, 0.25) is 10.0 Å². The fourth-order valence-electron chi connectivity index (χ4n) is 2.06. The van der Waals surface area contributed by atoms with Crippen molar-refractivity contribution in [3.8, 4) is 0 Å². The van der Waals surface area contributed by atoms with Crippen molar-refractivity contribution >= 4 is 38.9 Å². The summed E-state index contributed by atoms with van der Waals surface area (Å²) in [5, 5.41) is 8.13. The van der Waals surface area contributed by atoms with Gasteiger partial charge in [0, 0.05) is 12.4 Å². The van der Waals surface area contributed by atoms with Crippen LogP contribution in [0.15, 0.2) is 41.6 Å². The van der Waals surface area contributed by atoms with Gasteiger partial charge in [-0.05, 0) is 25.1 Å². The minimum Gasteiger partial charge on any atom is -0.285 e. The normalized spacial score (nSPS) is 13.3. The Bertz CT molecular complexity index is 973. The van der Waals surface area contributed by atoms with E-state index >= 15 is 0 Å². The molecule has 1 N–H and O–H groups in total. The van der Waals surface area contributed by atoms with Crippen LogP contribution in [-0.4, -0.2) is 28.0 Å². The summed E-state index contributed by atoms with van der Waals surface area (Å²) in [6, 6.07) is 6.05. The van der Waals surface area contributed by atoms with E-state index in [1.807, 2.05) is 12.1 Å². The van der Waals surface area contributed by atoms with Gasteiger partial charge in [-0.15, -0.1) is 10.2 Å². The number of fused-ring (bicyclic) bond motifs is 1. The molecule has 7 nitrogen and oxygen atoms in total. The van der Waals surface area contributed by atoms with E-state index in [0.29, 0.717) is 11.5 Å². The Balaban J connectivity index is 1.92. The van der Waals surface area contributed by atoms with Gasteiger partial charge >= 0.3 is 0 Å². The molecule has 10 heteroatoms. The van der Waals surface area contributed by atoms with Gasteiger partial charge in [-0.1, -0.05) is 29.3 Å². The van der Waals surface area contributed by atoms with Crippen LogP contribution < -0.4 is 4.72 Å². The molecule has 0 spiro atoms. The SMILES string of the molecule is C[C@H](NS(=O)(=O)c1cnc(Cl)c(Cl)c1)c1nnc2ccccn12. The first-order chi connectivity index (χ1) is 10.9. The summed E-state index contributed by atoms with van der Waals surface area (Å²) in [4.78, 5) is 3.67. The second-order valence-corrected chi connectivity index (χ2v) is 7.25. The van der Waals surface area contributed by atoms with E-state index in [1.54, 1.807) is 23.6 Å². The molecule has 1 atom stereocenters. The number of halogens is 2. The number of nitrogens with one attached hydrogen (secondary N) is 1. The summed E-state index contributed by atoms with van der Waals surface area (Å²) in [7, 11) is -3.83. The van der Waals surface area contributed by atoms with Crippen molar-refractivity contribution in [2.75, 3.05) is 0 Å². The van der Waals surface area contributed by atoms with Crippen LogP contribution in [0.1, 0.15) is 18.8 Å². The number of rotatable bonds is 4. The molecule has 3 heterocycles. The van der Waals surface area contributed by atoms with Crippen molar-refractivity contribution in [1.82, 2.24) is 24.3 Å². The average molecular weight is 372 g/mol. The van der Waals surface area contributed by atoms with Gasteiger partial charge in [0.15, 0.2) is 11.5 Å². The maximum Gasteiger partial charge on any atom is 0.242 e. The highest BCUT2D eigenvalue weighted by atomic mass is 35.5. The monoisotopic (exact) mass is 371 g/mol. The molecule has 0 amide bonds. The molecule has 3 rings (SSSR count). The lowest BCUT2D eigenvalue weighted by Gasteiger charge is -2.13. The molecule has 3 aromatic heterocycles. The van der Waals surface area contributed by atoms with Gasteiger partial charge in [-0.2, -0.15) is 0 Å². The van der Waals surface area contributed by atoms with Crippen LogP contribution in [0, 0.1) is 0 Å². The van der Waals surface area contributed by atoms with E-state index in [4.69, 9.17) is 23.2 Å². The summed E-state index contributed by atoms with van der Waals surface area (Å²) in [6.07, 6.45) is 2.90. The van der Waals surface area contributed by atoms with Gasteiger partial charge in [0.05, 0.1) is 11.1 Å². The van der Waals surface area contributed by atoms with E-state index in [9.17, 15) is 8.42 Å². The van der Waals surface area contributed by atoms with Crippen LogP contribution in [0.5, 0.6) is 0 Å². The third-order valence-electron chi connectivity index (χ3n) is 3.14. The zero-order chi connectivity index (χ0) is 16.6. The van der Waals surface area contributed by atoms with Gasteiger partial charge in [-0.25, -0.2) is 18.1 Å². The number of pyridine rings is 2. The van der Waals surface area contributed by atoms with Crippen LogP contribution >= 0.6 is 23.2 Å². The number of hydrogen-bond donors (Lipinski definition) is 1. The zero-order valence-corrected chi connectivity index (χ0v) is 14.1. The lowest BCUT2D eigenvalue weighted by Crippen LogP contribution is -2.28. The molecule has 3 aromatic rings. The quantitative estimate of drug-likeness (QED) is 0.711. The minimum absolute atomic E-state index is 0.0436. The molecular formula is C13H11Cl2N5O2S. The molecular weight excluding hydrogens is 361 g/mol. The standard InChI is InChI=1S/C13H11Cl2N5O2S/c1-8(13-18-17-11-4-2-3-5-20(11)13)19-23(21,22)9-6-10(14)12(15)16-7-9/h2-8,19H,1H3/t8-/m0/s1. The smallest absolute Gasteiger partial charge is 0.242 e. The van der Waals surface area contributed by atoms with Gasteiger partial charge in [0.1, 0.15) is 10.0 Å². The first kappa shape index (κ1) is 16.1. The summed E-state index contributed by atoms with van der Waals surface area (Å²) < 4.78 is 29.1. The molecule has 0 fully saturated rings. The Morgan fingerprint density at radius 3 is 2.78 bits per heavy atom. The lowest BCUT2D eigenvalue weighted by atomic mass is 10.3.